The molecular formula is C5H8O2S2. The third-order valence-corrected chi connectivity index (χ3v) is 0.516. The van der Waals surface area contributed by atoms with Gasteiger partial charge in [-0.1, -0.05) is 6.92 Å². The van der Waals surface area contributed by atoms with Gasteiger partial charge in [-0.05, 0) is 24.4 Å². The first-order valence-electron chi connectivity index (χ1n) is 2.29. The van der Waals surface area contributed by atoms with E-state index in [9.17, 15) is 4.79 Å². The molecule has 0 atom stereocenters. The van der Waals surface area contributed by atoms with E-state index in [1.165, 1.54) is 7.11 Å². The molecule has 0 N–H and O–H groups in total. The molecule has 0 saturated heterocycles. The van der Waals surface area contributed by atoms with Crippen molar-refractivity contribution in [2.75, 3.05) is 7.11 Å². The Kier molecular flexibility index (Phi) is 13.6. The molecule has 0 aromatic rings. The Morgan fingerprint density at radius 3 is 2.00 bits per heavy atom. The number of methoxy groups -OCH3 is 1. The molecule has 2 nitrogen and oxygen atoms in total. The average Bonchev–Trinajstić information content (AvgIpc) is 1.88. The highest BCUT2D eigenvalue weighted by atomic mass is 32.1. The summed E-state index contributed by atoms with van der Waals surface area (Å²) in [5.41, 5.74) is 0. The summed E-state index contributed by atoms with van der Waals surface area (Å²) in [5.74, 6) is -0.157. The molecule has 0 aliphatic carbocycles. The van der Waals surface area contributed by atoms with Crippen LogP contribution in [0.2, 0.25) is 0 Å². The number of ether oxygens (including phenoxy) is 1. The minimum absolute atomic E-state index is 0.157. The van der Waals surface area contributed by atoms with Crippen LogP contribution >= 0.6 is 24.4 Å². The van der Waals surface area contributed by atoms with Crippen molar-refractivity contribution in [1.29, 1.82) is 0 Å². The zero-order chi connectivity index (χ0) is 7.70. The Balaban J connectivity index is 0. The lowest BCUT2D eigenvalue weighted by atomic mass is 10.5. The molecule has 9 heavy (non-hydrogen) atoms. The lowest BCUT2D eigenvalue weighted by Crippen LogP contribution is -1.94. The summed E-state index contributed by atoms with van der Waals surface area (Å²) in [6.07, 6.45) is 0.469. The number of hydrogen-bond acceptors (Lipinski definition) is 4. The molecule has 0 saturated carbocycles. The van der Waals surface area contributed by atoms with Crippen LogP contribution in [0.1, 0.15) is 13.3 Å². The number of esters is 1. The molecular weight excluding hydrogens is 156 g/mol. The van der Waals surface area contributed by atoms with Gasteiger partial charge in [0.15, 0.2) is 0 Å². The molecule has 0 rings (SSSR count). The van der Waals surface area contributed by atoms with Crippen molar-refractivity contribution in [2.45, 2.75) is 13.3 Å². The fourth-order valence-corrected chi connectivity index (χ4v) is 0.144. The Morgan fingerprint density at radius 2 is 2.00 bits per heavy atom. The maximum atomic E-state index is 9.96. The SMILES string of the molecule is CCC(=O)OC.S=C=S. The molecule has 0 amide bonds. The molecule has 0 aromatic heterocycles. The quantitative estimate of drug-likeness (QED) is 0.434. The molecule has 0 aliphatic rings. The Hall–Kier alpha value is -0.310. The maximum absolute atomic E-state index is 9.96. The highest BCUT2D eigenvalue weighted by molar-refractivity contribution is 7.93. The van der Waals surface area contributed by atoms with E-state index in [2.05, 4.69) is 29.2 Å². The Morgan fingerprint density at radius 1 is 1.67 bits per heavy atom. The Bertz CT molecular complexity index is 99.5. The maximum Gasteiger partial charge on any atom is 0.305 e. The van der Waals surface area contributed by atoms with Gasteiger partial charge >= 0.3 is 5.97 Å². The van der Waals surface area contributed by atoms with E-state index in [0.29, 0.717) is 6.42 Å². The van der Waals surface area contributed by atoms with E-state index in [4.69, 9.17) is 0 Å². The van der Waals surface area contributed by atoms with Gasteiger partial charge in [-0.2, -0.15) is 0 Å². The van der Waals surface area contributed by atoms with Crippen LogP contribution < -0.4 is 0 Å². The number of carbonyl (C=O) groups excluding carboxylic acids is 1. The second-order valence-corrected chi connectivity index (χ2v) is 1.68. The lowest BCUT2D eigenvalue weighted by Gasteiger charge is -1.87. The van der Waals surface area contributed by atoms with E-state index in [1.54, 1.807) is 6.92 Å². The van der Waals surface area contributed by atoms with Crippen LogP contribution in [0, 0.1) is 0 Å². The molecule has 0 bridgehead atoms. The predicted octanol–water partition coefficient (Wildman–Crippen LogP) is 1.59. The summed E-state index contributed by atoms with van der Waals surface area (Å²) >= 11 is 7.92. The van der Waals surface area contributed by atoms with Crippen molar-refractivity contribution in [3.63, 3.8) is 0 Å². The van der Waals surface area contributed by atoms with Gasteiger partial charge in [-0.25, -0.2) is 0 Å². The lowest BCUT2D eigenvalue weighted by molar-refractivity contribution is -0.140. The molecule has 0 spiro atoms. The van der Waals surface area contributed by atoms with Gasteiger partial charge in [-0.15, -0.1) is 0 Å². The molecule has 0 heterocycles. The highest BCUT2D eigenvalue weighted by Crippen LogP contribution is 1.76. The molecule has 52 valence electrons. The summed E-state index contributed by atoms with van der Waals surface area (Å²) in [7, 11) is 1.38. The molecule has 0 fully saturated rings. The van der Waals surface area contributed by atoms with Gasteiger partial charge in [0.1, 0.15) is 0 Å². The normalized spacial score (nSPS) is 6.00. The van der Waals surface area contributed by atoms with Crippen molar-refractivity contribution >= 4 is 34.7 Å². The van der Waals surface area contributed by atoms with Crippen molar-refractivity contribution in [3.05, 3.63) is 0 Å². The summed E-state index contributed by atoms with van der Waals surface area (Å²) in [6.45, 7) is 1.76. The van der Waals surface area contributed by atoms with Crippen molar-refractivity contribution < 1.29 is 9.53 Å². The van der Waals surface area contributed by atoms with E-state index < -0.39 is 0 Å². The van der Waals surface area contributed by atoms with Gasteiger partial charge in [-0.3, -0.25) is 4.79 Å². The summed E-state index contributed by atoms with van der Waals surface area (Å²) in [6, 6.07) is 0. The number of rotatable bonds is 1. The molecule has 0 aliphatic heterocycles. The second kappa shape index (κ2) is 10.6. The third-order valence-electron chi connectivity index (χ3n) is 0.516. The molecule has 0 aromatic carbocycles. The van der Waals surface area contributed by atoms with Crippen molar-refractivity contribution in [3.8, 4) is 0 Å². The average molecular weight is 164 g/mol. The zero-order valence-electron chi connectivity index (χ0n) is 5.34. The predicted molar refractivity (Wildman–Crippen MR) is 42.5 cm³/mol. The Labute approximate surface area is 65.2 Å². The van der Waals surface area contributed by atoms with Crippen LogP contribution in [0.15, 0.2) is 0 Å². The third kappa shape index (κ3) is 18.3. The van der Waals surface area contributed by atoms with Gasteiger partial charge < -0.3 is 4.74 Å². The highest BCUT2D eigenvalue weighted by Gasteiger charge is 1.87. The zero-order valence-corrected chi connectivity index (χ0v) is 6.97. The standard InChI is InChI=1S/C4H8O2.CS2/c1-3-4(5)6-2;2-1-3/h3H2,1-2H3;. The van der Waals surface area contributed by atoms with Crippen LogP contribution in [0.5, 0.6) is 0 Å². The number of hydrogen-bond donors (Lipinski definition) is 0. The summed E-state index contributed by atoms with van der Waals surface area (Å²) in [4.78, 5) is 9.96. The first kappa shape index (κ1) is 11.5. The number of carbonyl (C=O) groups is 1. The minimum Gasteiger partial charge on any atom is -0.469 e. The molecule has 4 heteroatoms. The largest absolute Gasteiger partial charge is 0.469 e. The van der Waals surface area contributed by atoms with Gasteiger partial charge in [0.25, 0.3) is 0 Å². The van der Waals surface area contributed by atoms with Crippen LogP contribution in [-0.2, 0) is 9.53 Å². The van der Waals surface area contributed by atoms with Crippen LogP contribution in [0.4, 0.5) is 0 Å². The summed E-state index contributed by atoms with van der Waals surface area (Å²) < 4.78 is 6.18. The first-order chi connectivity index (χ1) is 4.22. The van der Waals surface area contributed by atoms with E-state index in [0.717, 1.165) is 0 Å². The van der Waals surface area contributed by atoms with E-state index in [1.807, 2.05) is 4.31 Å². The van der Waals surface area contributed by atoms with Crippen molar-refractivity contribution in [2.24, 2.45) is 0 Å². The first-order valence-corrected chi connectivity index (χ1v) is 3.10. The second-order valence-electron chi connectivity index (χ2n) is 1.01. The van der Waals surface area contributed by atoms with Crippen LogP contribution in [0.3, 0.4) is 0 Å². The van der Waals surface area contributed by atoms with E-state index >= 15 is 0 Å². The topological polar surface area (TPSA) is 26.3 Å². The fraction of sp³-hybridized carbons (Fsp3) is 0.600. The van der Waals surface area contributed by atoms with E-state index in [-0.39, 0.29) is 5.97 Å². The monoisotopic (exact) mass is 164 g/mol. The molecule has 0 radical (unpaired) electrons. The van der Waals surface area contributed by atoms with Crippen LogP contribution in [-0.4, -0.2) is 17.4 Å². The smallest absolute Gasteiger partial charge is 0.305 e. The number of thiocarbonyl (C=S) groups is 2. The van der Waals surface area contributed by atoms with Gasteiger partial charge in [0.2, 0.25) is 0 Å². The molecule has 0 unspecified atom stereocenters. The van der Waals surface area contributed by atoms with Gasteiger partial charge in [0.05, 0.1) is 7.11 Å². The van der Waals surface area contributed by atoms with Crippen molar-refractivity contribution in [1.82, 2.24) is 0 Å². The fourth-order valence-electron chi connectivity index (χ4n) is 0.144. The summed E-state index contributed by atoms with van der Waals surface area (Å²) in [5, 5.41) is 0. The minimum atomic E-state index is -0.157. The van der Waals surface area contributed by atoms with Gasteiger partial charge in [0, 0.05) is 10.7 Å². The van der Waals surface area contributed by atoms with Crippen LogP contribution in [0.25, 0.3) is 0 Å².